The molecule has 5 heteroatoms. The predicted octanol–water partition coefficient (Wildman–Crippen LogP) is 10.2. The molecule has 0 saturated carbocycles. The molecule has 218 valence electrons. The Morgan fingerprint density at radius 1 is 0.750 bits per heavy atom. The van der Waals surface area contributed by atoms with Crippen molar-refractivity contribution in [3.05, 3.63) is 132 Å². The fourth-order valence-electron chi connectivity index (χ4n) is 6.19. The first-order valence-electron chi connectivity index (χ1n) is 15.4. The second-order valence-electron chi connectivity index (χ2n) is 11.7. The Hall–Kier alpha value is -5.16. The van der Waals surface area contributed by atoms with Crippen molar-refractivity contribution in [3.8, 4) is 34.1 Å². The molecule has 7 rings (SSSR count). The van der Waals surface area contributed by atoms with Crippen LogP contribution in [0.2, 0.25) is 0 Å². The van der Waals surface area contributed by atoms with Crippen LogP contribution in [0.4, 0.5) is 0 Å². The van der Waals surface area contributed by atoms with Gasteiger partial charge < -0.3 is 4.74 Å². The van der Waals surface area contributed by atoms with Crippen molar-refractivity contribution in [3.63, 3.8) is 0 Å². The van der Waals surface area contributed by atoms with E-state index in [1.54, 1.807) is 0 Å². The molecule has 0 fully saturated rings. The summed E-state index contributed by atoms with van der Waals surface area (Å²) in [6, 6.07) is 37.9. The number of aromatic nitrogens is 4. The van der Waals surface area contributed by atoms with Crippen molar-refractivity contribution >= 4 is 21.8 Å². The second kappa shape index (κ2) is 11.5. The van der Waals surface area contributed by atoms with Gasteiger partial charge in [-0.15, -0.1) is 0 Å². The maximum atomic E-state index is 6.55. The van der Waals surface area contributed by atoms with E-state index in [9.17, 15) is 0 Å². The highest BCUT2D eigenvalue weighted by atomic mass is 16.5. The third kappa shape index (κ3) is 4.94. The molecule has 0 aliphatic carbocycles. The summed E-state index contributed by atoms with van der Waals surface area (Å²) in [6.45, 7) is 8.76. The maximum Gasteiger partial charge on any atom is 0.137 e. The Morgan fingerprint density at radius 2 is 1.52 bits per heavy atom. The summed E-state index contributed by atoms with van der Waals surface area (Å²) in [5.41, 5.74) is 9.16. The van der Waals surface area contributed by atoms with E-state index in [0.29, 0.717) is 5.92 Å². The minimum atomic E-state index is 0.294. The highest BCUT2D eigenvalue weighted by Gasteiger charge is 2.22. The van der Waals surface area contributed by atoms with E-state index in [2.05, 4.69) is 128 Å². The summed E-state index contributed by atoms with van der Waals surface area (Å²) in [5, 5.41) is 7.55. The zero-order valence-corrected chi connectivity index (χ0v) is 25.7. The quantitative estimate of drug-likeness (QED) is 0.181. The summed E-state index contributed by atoms with van der Waals surface area (Å²) in [4.78, 5) is 4.72. The van der Waals surface area contributed by atoms with Crippen molar-refractivity contribution in [2.75, 3.05) is 0 Å². The van der Waals surface area contributed by atoms with Crippen LogP contribution in [0.5, 0.6) is 11.5 Å². The highest BCUT2D eigenvalue weighted by molar-refractivity contribution is 6.09. The molecule has 0 N–H and O–H groups in total. The number of ether oxygens (including phenoxy) is 1. The topological polar surface area (TPSA) is 44.9 Å². The lowest BCUT2D eigenvalue weighted by Gasteiger charge is -2.12. The molecular formula is C39H36N4O. The number of fused-ring (bicyclic) bond motifs is 3. The maximum absolute atomic E-state index is 6.55. The van der Waals surface area contributed by atoms with Crippen molar-refractivity contribution in [2.24, 2.45) is 0 Å². The van der Waals surface area contributed by atoms with E-state index in [1.807, 2.05) is 24.4 Å². The number of hydrogen-bond acceptors (Lipinski definition) is 3. The lowest BCUT2D eigenvalue weighted by atomic mass is 9.96. The van der Waals surface area contributed by atoms with E-state index in [0.717, 1.165) is 52.6 Å². The fourth-order valence-corrected chi connectivity index (χ4v) is 6.19. The number of para-hydroxylation sites is 1. The fraction of sp³-hybridized carbons (Fsp3) is 0.179. The third-order valence-electron chi connectivity index (χ3n) is 8.18. The molecule has 0 amide bonds. The monoisotopic (exact) mass is 576 g/mol. The van der Waals surface area contributed by atoms with Gasteiger partial charge in [-0.1, -0.05) is 81.8 Å². The average molecular weight is 577 g/mol. The van der Waals surface area contributed by atoms with E-state index in [-0.39, 0.29) is 0 Å². The van der Waals surface area contributed by atoms with Gasteiger partial charge in [-0.3, -0.25) is 4.57 Å². The molecule has 0 aliphatic rings. The molecule has 0 saturated heterocycles. The van der Waals surface area contributed by atoms with Gasteiger partial charge >= 0.3 is 0 Å². The number of pyridine rings is 1. The number of hydrogen-bond donors (Lipinski definition) is 0. The van der Waals surface area contributed by atoms with Crippen molar-refractivity contribution < 1.29 is 4.74 Å². The van der Waals surface area contributed by atoms with Gasteiger partial charge in [-0.05, 0) is 72.9 Å². The molecule has 0 spiro atoms. The predicted molar refractivity (Wildman–Crippen MR) is 180 cm³/mol. The Labute approximate surface area is 258 Å². The van der Waals surface area contributed by atoms with E-state index < -0.39 is 0 Å². The first kappa shape index (κ1) is 27.7. The van der Waals surface area contributed by atoms with Crippen LogP contribution in [-0.2, 0) is 6.42 Å². The van der Waals surface area contributed by atoms with Gasteiger partial charge in [0.25, 0.3) is 0 Å². The number of rotatable bonds is 8. The first-order valence-corrected chi connectivity index (χ1v) is 15.4. The summed E-state index contributed by atoms with van der Waals surface area (Å²) < 4.78 is 10.9. The summed E-state index contributed by atoms with van der Waals surface area (Å²) in [5.74, 6) is 2.73. The van der Waals surface area contributed by atoms with Gasteiger partial charge in [-0.2, -0.15) is 5.10 Å². The van der Waals surface area contributed by atoms with Crippen LogP contribution in [0.15, 0.2) is 115 Å². The summed E-state index contributed by atoms with van der Waals surface area (Å²) >= 11 is 0. The van der Waals surface area contributed by atoms with Gasteiger partial charge in [0.2, 0.25) is 0 Å². The molecule has 3 heterocycles. The Balaban J connectivity index is 1.31. The molecule has 0 bridgehead atoms. The molecule has 0 unspecified atom stereocenters. The lowest BCUT2D eigenvalue weighted by molar-refractivity contribution is 0.482. The molecule has 44 heavy (non-hydrogen) atoms. The SMILES string of the molecule is CCCc1c(-c2ccccc2)c(C(C)C)nn1-c1cccc(Oc2ccc3c4ccccc4n(-c4cc(C)ccn4)c3c2)c1. The van der Waals surface area contributed by atoms with Crippen LogP contribution in [-0.4, -0.2) is 19.3 Å². The lowest BCUT2D eigenvalue weighted by Crippen LogP contribution is -2.03. The zero-order valence-electron chi connectivity index (χ0n) is 25.7. The molecular weight excluding hydrogens is 540 g/mol. The summed E-state index contributed by atoms with van der Waals surface area (Å²) in [7, 11) is 0. The van der Waals surface area contributed by atoms with Crippen LogP contribution < -0.4 is 4.74 Å². The van der Waals surface area contributed by atoms with Gasteiger partial charge in [-0.25, -0.2) is 9.67 Å². The summed E-state index contributed by atoms with van der Waals surface area (Å²) in [6.07, 6.45) is 3.83. The smallest absolute Gasteiger partial charge is 0.137 e. The van der Waals surface area contributed by atoms with Crippen LogP contribution >= 0.6 is 0 Å². The standard InChI is InChI=1S/C39H36N4O/c1-5-12-35-38(28-13-7-6-8-14-28)39(26(2)3)41-43(35)29-15-11-16-30(24-29)44-31-19-20-33-32-17-9-10-18-34(32)42(36(33)25-31)37-23-27(4)21-22-40-37/h6-11,13-26H,5,12H2,1-4H3. The van der Waals surface area contributed by atoms with Crippen molar-refractivity contribution in [1.29, 1.82) is 0 Å². The van der Waals surface area contributed by atoms with Gasteiger partial charge in [0, 0.05) is 34.7 Å². The van der Waals surface area contributed by atoms with Gasteiger partial charge in [0.05, 0.1) is 28.1 Å². The van der Waals surface area contributed by atoms with Crippen LogP contribution in [0.1, 0.15) is 50.1 Å². The molecule has 7 aromatic rings. The van der Waals surface area contributed by atoms with Gasteiger partial charge in [0.15, 0.2) is 0 Å². The molecule has 5 nitrogen and oxygen atoms in total. The van der Waals surface area contributed by atoms with E-state index in [1.165, 1.54) is 33.2 Å². The van der Waals surface area contributed by atoms with Crippen LogP contribution in [0.3, 0.4) is 0 Å². The van der Waals surface area contributed by atoms with E-state index >= 15 is 0 Å². The minimum Gasteiger partial charge on any atom is -0.457 e. The average Bonchev–Trinajstić information content (AvgIpc) is 3.58. The van der Waals surface area contributed by atoms with Crippen molar-refractivity contribution in [1.82, 2.24) is 19.3 Å². The number of aryl methyl sites for hydroxylation is 1. The highest BCUT2D eigenvalue weighted by Crippen LogP contribution is 2.37. The minimum absolute atomic E-state index is 0.294. The largest absolute Gasteiger partial charge is 0.457 e. The van der Waals surface area contributed by atoms with Crippen molar-refractivity contribution in [2.45, 2.75) is 46.5 Å². The first-order chi connectivity index (χ1) is 21.5. The van der Waals surface area contributed by atoms with Gasteiger partial charge in [0.1, 0.15) is 17.3 Å². The molecule has 3 aromatic heterocycles. The second-order valence-corrected chi connectivity index (χ2v) is 11.7. The van der Waals surface area contributed by atoms with E-state index in [4.69, 9.17) is 14.8 Å². The number of nitrogens with zero attached hydrogens (tertiary/aromatic N) is 4. The zero-order chi connectivity index (χ0) is 30.2. The Kier molecular flexibility index (Phi) is 7.23. The third-order valence-corrected chi connectivity index (χ3v) is 8.18. The Bertz CT molecular complexity index is 2100. The Morgan fingerprint density at radius 3 is 2.32 bits per heavy atom. The molecule has 0 radical (unpaired) electrons. The van der Waals surface area contributed by atoms with Crippen LogP contribution in [0.25, 0.3) is 44.4 Å². The van der Waals surface area contributed by atoms with Crippen LogP contribution in [0, 0.1) is 6.92 Å². The molecule has 0 atom stereocenters. The number of benzene rings is 4. The molecule has 0 aliphatic heterocycles. The normalized spacial score (nSPS) is 11.6. The molecule has 4 aromatic carbocycles.